The van der Waals surface area contributed by atoms with Crippen LogP contribution in [-0.4, -0.2) is 67.5 Å². The first-order chi connectivity index (χ1) is 20.0. The third-order valence-corrected chi connectivity index (χ3v) is 8.78. The lowest BCUT2D eigenvalue weighted by atomic mass is 9.91. The molecule has 1 amide bonds. The maximum atomic E-state index is 13.5. The largest absolute Gasteiger partial charge is 0.388 e. The number of ether oxygens (including phenoxy) is 1. The minimum absolute atomic E-state index is 0.0719. The topological polar surface area (TPSA) is 102 Å². The first-order valence-corrected chi connectivity index (χ1v) is 14.8. The Labute approximate surface area is 253 Å². The normalized spacial score (nSPS) is 20.1. The Morgan fingerprint density at radius 2 is 1.79 bits per heavy atom. The predicted octanol–water partition coefficient (Wildman–Crippen LogP) is 4.60. The molecule has 2 saturated heterocycles. The van der Waals surface area contributed by atoms with Crippen molar-refractivity contribution in [1.82, 2.24) is 24.3 Å². The molecule has 1 unspecified atom stereocenters. The molecule has 0 aliphatic carbocycles. The molecule has 11 heteroatoms. The van der Waals surface area contributed by atoms with E-state index in [0.29, 0.717) is 59.3 Å². The lowest BCUT2D eigenvalue weighted by Crippen LogP contribution is -2.49. The smallest absolute Gasteiger partial charge is 0.262 e. The molecule has 2 N–H and O–H groups in total. The molecule has 2 aromatic carbocycles. The summed E-state index contributed by atoms with van der Waals surface area (Å²) in [6, 6.07) is 16.4. The molecule has 2 aliphatic heterocycles. The van der Waals surface area contributed by atoms with E-state index in [2.05, 4.69) is 24.1 Å². The highest BCUT2D eigenvalue weighted by molar-refractivity contribution is 6.31. The number of aliphatic hydroxyl groups is 1. The highest BCUT2D eigenvalue weighted by Crippen LogP contribution is 2.29. The van der Waals surface area contributed by atoms with Crippen LogP contribution >= 0.6 is 23.2 Å². The molecule has 2 fully saturated rings. The zero-order chi connectivity index (χ0) is 29.6. The standard InChI is InChI=1S/C31H33Cl2N5O4/c1-30(2)17-34-25(16-42-30)20-5-9-23(10-6-20)38-26(33)15-24-27(38)35-19-37(29(24)40)18-31(41)11-13-36(14-12-31)28(39)21-3-7-22(32)8-4-21/h3-10,15,19,25,34,41H,11-14,16-18H2,1-2H3. The van der Waals surface area contributed by atoms with Crippen molar-refractivity contribution in [2.45, 2.75) is 50.5 Å². The number of hydrogen-bond acceptors (Lipinski definition) is 6. The number of piperidine rings is 1. The summed E-state index contributed by atoms with van der Waals surface area (Å²) in [6.07, 6.45) is 2.13. The molecule has 2 aromatic heterocycles. The second-order valence-corrected chi connectivity index (χ2v) is 12.7. The number of fused-ring (bicyclic) bond motifs is 1. The van der Waals surface area contributed by atoms with Crippen LogP contribution in [0.1, 0.15) is 48.7 Å². The molecule has 1 atom stereocenters. The van der Waals surface area contributed by atoms with Crippen LogP contribution in [0.25, 0.3) is 16.7 Å². The van der Waals surface area contributed by atoms with Gasteiger partial charge in [-0.1, -0.05) is 35.3 Å². The van der Waals surface area contributed by atoms with Crippen LogP contribution in [0.15, 0.2) is 65.7 Å². The Kier molecular flexibility index (Phi) is 7.66. The molecule has 220 valence electrons. The minimum atomic E-state index is -1.15. The monoisotopic (exact) mass is 609 g/mol. The third kappa shape index (κ3) is 5.72. The second kappa shape index (κ2) is 11.1. The van der Waals surface area contributed by atoms with Gasteiger partial charge in [0, 0.05) is 35.9 Å². The van der Waals surface area contributed by atoms with Crippen LogP contribution in [0.4, 0.5) is 0 Å². The van der Waals surface area contributed by atoms with Crippen molar-refractivity contribution in [2.75, 3.05) is 26.2 Å². The Hall–Kier alpha value is -3.21. The first-order valence-electron chi connectivity index (χ1n) is 14.0. The van der Waals surface area contributed by atoms with Crippen LogP contribution in [-0.2, 0) is 11.3 Å². The van der Waals surface area contributed by atoms with Crippen LogP contribution in [0.5, 0.6) is 0 Å². The Bertz CT molecular complexity index is 1660. The fraction of sp³-hybridized carbons (Fsp3) is 0.387. The first kappa shape index (κ1) is 28.9. The van der Waals surface area contributed by atoms with Gasteiger partial charge in [0.1, 0.15) is 11.5 Å². The van der Waals surface area contributed by atoms with E-state index < -0.39 is 5.60 Å². The number of morpholine rings is 1. The van der Waals surface area contributed by atoms with E-state index in [1.54, 1.807) is 39.8 Å². The average molecular weight is 611 g/mol. The van der Waals surface area contributed by atoms with E-state index in [-0.39, 0.29) is 29.7 Å². The molecule has 0 spiro atoms. The van der Waals surface area contributed by atoms with Crippen molar-refractivity contribution < 1.29 is 14.6 Å². The SMILES string of the molecule is CC1(C)CNC(c2ccc(-n3c(Cl)cc4c(=O)n(CC5(O)CCN(C(=O)c6ccc(Cl)cc6)CC5)cnc43)cc2)CO1. The molecule has 0 bridgehead atoms. The molecular weight excluding hydrogens is 577 g/mol. The van der Waals surface area contributed by atoms with Gasteiger partial charge in [0.25, 0.3) is 11.5 Å². The minimum Gasteiger partial charge on any atom is -0.388 e. The van der Waals surface area contributed by atoms with E-state index in [9.17, 15) is 14.7 Å². The Balaban J connectivity index is 1.17. The number of nitrogens with zero attached hydrogens (tertiary/aromatic N) is 4. The molecule has 42 heavy (non-hydrogen) atoms. The summed E-state index contributed by atoms with van der Waals surface area (Å²) in [5.41, 5.74) is 1.28. The van der Waals surface area contributed by atoms with Crippen molar-refractivity contribution in [3.05, 3.63) is 92.6 Å². The lowest BCUT2D eigenvalue weighted by Gasteiger charge is -2.38. The maximum absolute atomic E-state index is 13.5. The molecule has 0 saturated carbocycles. The zero-order valence-corrected chi connectivity index (χ0v) is 25.0. The zero-order valence-electron chi connectivity index (χ0n) is 23.5. The number of carbonyl (C=O) groups is 1. The van der Waals surface area contributed by atoms with Gasteiger partial charge >= 0.3 is 0 Å². The summed E-state index contributed by atoms with van der Waals surface area (Å²) in [5, 5.41) is 16.2. The summed E-state index contributed by atoms with van der Waals surface area (Å²) >= 11 is 12.6. The summed E-state index contributed by atoms with van der Waals surface area (Å²) < 4.78 is 9.14. The van der Waals surface area contributed by atoms with Gasteiger partial charge in [0.15, 0.2) is 5.65 Å². The lowest BCUT2D eigenvalue weighted by molar-refractivity contribution is -0.0586. The second-order valence-electron chi connectivity index (χ2n) is 11.8. The number of amides is 1. The highest BCUT2D eigenvalue weighted by atomic mass is 35.5. The molecular formula is C31H33Cl2N5O4. The van der Waals surface area contributed by atoms with Gasteiger partial charge in [0.2, 0.25) is 0 Å². The van der Waals surface area contributed by atoms with Gasteiger partial charge in [-0.2, -0.15) is 0 Å². The van der Waals surface area contributed by atoms with E-state index in [4.69, 9.17) is 27.9 Å². The number of benzene rings is 2. The maximum Gasteiger partial charge on any atom is 0.262 e. The molecule has 9 nitrogen and oxygen atoms in total. The van der Waals surface area contributed by atoms with Crippen molar-refractivity contribution in [3.8, 4) is 5.69 Å². The number of hydrogen-bond donors (Lipinski definition) is 2. The fourth-order valence-electron chi connectivity index (χ4n) is 5.68. The molecule has 6 rings (SSSR count). The van der Waals surface area contributed by atoms with Gasteiger partial charge in [-0.05, 0) is 74.7 Å². The van der Waals surface area contributed by atoms with Crippen molar-refractivity contribution in [3.63, 3.8) is 0 Å². The third-order valence-electron chi connectivity index (χ3n) is 8.25. The van der Waals surface area contributed by atoms with Crippen LogP contribution in [0.3, 0.4) is 0 Å². The van der Waals surface area contributed by atoms with E-state index in [1.165, 1.54) is 10.9 Å². The number of carbonyl (C=O) groups excluding carboxylic acids is 1. The molecule has 2 aliphatic rings. The summed E-state index contributed by atoms with van der Waals surface area (Å²) in [5.74, 6) is -0.106. The molecule has 4 aromatic rings. The van der Waals surface area contributed by atoms with Crippen LogP contribution in [0.2, 0.25) is 10.2 Å². The van der Waals surface area contributed by atoms with Crippen LogP contribution in [0, 0.1) is 0 Å². The summed E-state index contributed by atoms with van der Waals surface area (Å²) in [7, 11) is 0. The van der Waals surface area contributed by atoms with Gasteiger partial charge < -0.3 is 20.1 Å². The summed E-state index contributed by atoms with van der Waals surface area (Å²) in [4.78, 5) is 32.6. The summed E-state index contributed by atoms with van der Waals surface area (Å²) in [6.45, 7) is 6.30. The average Bonchev–Trinajstić information content (AvgIpc) is 3.31. The number of aromatic nitrogens is 3. The van der Waals surface area contributed by atoms with E-state index >= 15 is 0 Å². The number of halogens is 2. The highest BCUT2D eigenvalue weighted by Gasteiger charge is 2.35. The number of nitrogens with one attached hydrogen (secondary N) is 1. The number of likely N-dealkylation sites (tertiary alicyclic amines) is 1. The van der Waals surface area contributed by atoms with E-state index in [0.717, 1.165) is 17.8 Å². The Morgan fingerprint density at radius 3 is 2.43 bits per heavy atom. The predicted molar refractivity (Wildman–Crippen MR) is 163 cm³/mol. The van der Waals surface area contributed by atoms with Gasteiger partial charge in [-0.25, -0.2) is 4.98 Å². The molecule has 0 radical (unpaired) electrons. The molecule has 4 heterocycles. The van der Waals surface area contributed by atoms with Crippen molar-refractivity contribution in [1.29, 1.82) is 0 Å². The van der Waals surface area contributed by atoms with Gasteiger partial charge in [-0.15, -0.1) is 0 Å². The van der Waals surface area contributed by atoms with Gasteiger partial charge in [-0.3, -0.25) is 18.7 Å². The Morgan fingerprint density at radius 1 is 1.10 bits per heavy atom. The van der Waals surface area contributed by atoms with E-state index in [1.807, 2.05) is 24.3 Å². The quantitative estimate of drug-likeness (QED) is 0.343. The van der Waals surface area contributed by atoms with Crippen LogP contribution < -0.4 is 10.9 Å². The fourth-order valence-corrected chi connectivity index (χ4v) is 6.09. The van der Waals surface area contributed by atoms with Crippen molar-refractivity contribution in [2.24, 2.45) is 0 Å². The van der Waals surface area contributed by atoms with Crippen molar-refractivity contribution >= 4 is 40.1 Å². The number of rotatable bonds is 5. The van der Waals surface area contributed by atoms with Gasteiger partial charge in [0.05, 0.1) is 35.8 Å².